The van der Waals surface area contributed by atoms with Crippen molar-refractivity contribution in [3.05, 3.63) is 54.1 Å². The molecule has 1 amide bonds. The number of carbonyl (C=O) groups excluding carboxylic acids is 1. The van der Waals surface area contributed by atoms with Crippen molar-refractivity contribution in [2.75, 3.05) is 30.4 Å². The molecule has 144 valence electrons. The molecule has 27 heavy (non-hydrogen) atoms. The highest BCUT2D eigenvalue weighted by atomic mass is 32.2. The minimum Gasteiger partial charge on any atom is -0.380 e. The summed E-state index contributed by atoms with van der Waals surface area (Å²) in [6.45, 7) is 6.29. The van der Waals surface area contributed by atoms with Gasteiger partial charge in [0.15, 0.2) is 0 Å². The second kappa shape index (κ2) is 9.29. The molecule has 1 heterocycles. The highest BCUT2D eigenvalue weighted by Gasteiger charge is 2.22. The van der Waals surface area contributed by atoms with E-state index in [0.29, 0.717) is 17.8 Å². The number of anilines is 2. The largest absolute Gasteiger partial charge is 0.380 e. The first kappa shape index (κ1) is 19.8. The molecule has 1 saturated heterocycles. The van der Waals surface area contributed by atoms with Crippen LogP contribution in [0.15, 0.2) is 53.4 Å². The Bertz CT molecular complexity index is 744. The molecule has 0 radical (unpaired) electrons. The second-order valence-corrected chi connectivity index (χ2v) is 8.82. The molecule has 0 saturated carbocycles. The minimum atomic E-state index is 0.00707. The first-order valence-corrected chi connectivity index (χ1v) is 10.3. The molecule has 1 unspecified atom stereocenters. The van der Waals surface area contributed by atoms with Crippen LogP contribution in [0, 0.1) is 0 Å². The molecule has 3 rings (SSSR count). The summed E-state index contributed by atoms with van der Waals surface area (Å²) in [6, 6.07) is 16.3. The maximum absolute atomic E-state index is 12.3. The van der Waals surface area contributed by atoms with E-state index in [9.17, 15) is 4.79 Å². The van der Waals surface area contributed by atoms with Crippen LogP contribution in [-0.2, 0) is 16.0 Å². The summed E-state index contributed by atoms with van der Waals surface area (Å²) in [4.78, 5) is 15.9. The molecule has 0 aliphatic carbocycles. The molecule has 1 aliphatic rings. The topological polar surface area (TPSA) is 41.6 Å². The summed E-state index contributed by atoms with van der Waals surface area (Å²) >= 11 is 1.83. The standard InChI is InChI=1S/C22H28N2O2S/c1-16(2)27-21-10-4-17(5-11-21)14-22(25)23-18-6-8-19(9-7-18)24-13-12-20(15-24)26-3/h4-11,16,20H,12-15H2,1-3H3,(H,23,25). The molecule has 1 aliphatic heterocycles. The van der Waals surface area contributed by atoms with Crippen molar-refractivity contribution in [3.63, 3.8) is 0 Å². The highest BCUT2D eigenvalue weighted by Crippen LogP contribution is 2.24. The van der Waals surface area contributed by atoms with E-state index in [-0.39, 0.29) is 5.91 Å². The van der Waals surface area contributed by atoms with E-state index in [1.54, 1.807) is 7.11 Å². The van der Waals surface area contributed by atoms with Crippen molar-refractivity contribution < 1.29 is 9.53 Å². The molecule has 1 atom stereocenters. The number of rotatable bonds is 7. The number of methoxy groups -OCH3 is 1. The number of hydrogen-bond acceptors (Lipinski definition) is 4. The number of benzene rings is 2. The van der Waals surface area contributed by atoms with E-state index in [2.05, 4.69) is 48.3 Å². The quantitative estimate of drug-likeness (QED) is 0.709. The first-order chi connectivity index (χ1) is 13.0. The third-order valence-corrected chi connectivity index (χ3v) is 5.67. The minimum absolute atomic E-state index is 0.00707. The Morgan fingerprint density at radius 1 is 1.19 bits per heavy atom. The van der Waals surface area contributed by atoms with Gasteiger partial charge in [-0.15, -0.1) is 11.8 Å². The Balaban J connectivity index is 1.52. The van der Waals surface area contributed by atoms with Crippen LogP contribution >= 0.6 is 11.8 Å². The van der Waals surface area contributed by atoms with Crippen LogP contribution in [0.4, 0.5) is 11.4 Å². The van der Waals surface area contributed by atoms with Gasteiger partial charge in [0.1, 0.15) is 0 Å². The maximum atomic E-state index is 12.3. The van der Waals surface area contributed by atoms with Crippen LogP contribution in [0.3, 0.4) is 0 Å². The van der Waals surface area contributed by atoms with Crippen LogP contribution in [-0.4, -0.2) is 37.5 Å². The van der Waals surface area contributed by atoms with Gasteiger partial charge in [0.25, 0.3) is 0 Å². The molecule has 0 bridgehead atoms. The fraction of sp³-hybridized carbons (Fsp3) is 0.409. The fourth-order valence-electron chi connectivity index (χ4n) is 3.26. The van der Waals surface area contributed by atoms with E-state index >= 15 is 0 Å². The van der Waals surface area contributed by atoms with Gasteiger partial charge in [-0.3, -0.25) is 4.79 Å². The second-order valence-electron chi connectivity index (χ2n) is 7.17. The number of ether oxygens (including phenoxy) is 1. The summed E-state index contributed by atoms with van der Waals surface area (Å²) in [5, 5.41) is 3.55. The number of hydrogen-bond donors (Lipinski definition) is 1. The molecule has 1 fully saturated rings. The normalized spacial score (nSPS) is 16.7. The zero-order valence-electron chi connectivity index (χ0n) is 16.3. The van der Waals surface area contributed by atoms with Crippen LogP contribution in [0.5, 0.6) is 0 Å². The Morgan fingerprint density at radius 2 is 1.89 bits per heavy atom. The van der Waals surface area contributed by atoms with Crippen molar-refractivity contribution >= 4 is 29.0 Å². The van der Waals surface area contributed by atoms with Gasteiger partial charge >= 0.3 is 0 Å². The van der Waals surface area contributed by atoms with E-state index < -0.39 is 0 Å². The van der Waals surface area contributed by atoms with Crippen molar-refractivity contribution in [1.82, 2.24) is 0 Å². The molecule has 2 aromatic rings. The SMILES string of the molecule is COC1CCN(c2ccc(NC(=O)Cc3ccc(SC(C)C)cc3)cc2)C1. The maximum Gasteiger partial charge on any atom is 0.228 e. The fourth-order valence-corrected chi connectivity index (χ4v) is 4.10. The molecular formula is C22H28N2O2S. The molecule has 2 aromatic carbocycles. The van der Waals surface area contributed by atoms with Crippen LogP contribution in [0.1, 0.15) is 25.8 Å². The van der Waals surface area contributed by atoms with Gasteiger partial charge in [-0.25, -0.2) is 0 Å². The summed E-state index contributed by atoms with van der Waals surface area (Å²) in [6.07, 6.45) is 1.76. The van der Waals surface area contributed by atoms with Crippen molar-refractivity contribution in [2.45, 2.75) is 42.9 Å². The van der Waals surface area contributed by atoms with E-state index in [0.717, 1.165) is 30.8 Å². The van der Waals surface area contributed by atoms with Gasteiger partial charge in [0.05, 0.1) is 12.5 Å². The van der Waals surface area contributed by atoms with Gasteiger partial charge in [-0.05, 0) is 48.4 Å². The van der Waals surface area contributed by atoms with Gasteiger partial charge < -0.3 is 15.0 Å². The van der Waals surface area contributed by atoms with Crippen LogP contribution < -0.4 is 10.2 Å². The molecule has 5 heteroatoms. The lowest BCUT2D eigenvalue weighted by atomic mass is 10.1. The predicted molar refractivity (Wildman–Crippen MR) is 114 cm³/mol. The predicted octanol–water partition coefficient (Wildman–Crippen LogP) is 4.59. The third kappa shape index (κ3) is 5.75. The Kier molecular flexibility index (Phi) is 6.80. The summed E-state index contributed by atoms with van der Waals surface area (Å²) in [5.41, 5.74) is 3.03. The Morgan fingerprint density at radius 3 is 2.48 bits per heavy atom. The van der Waals surface area contributed by atoms with E-state index in [1.165, 1.54) is 10.6 Å². The van der Waals surface area contributed by atoms with Crippen molar-refractivity contribution in [3.8, 4) is 0 Å². The van der Waals surface area contributed by atoms with Gasteiger partial charge in [-0.2, -0.15) is 0 Å². The van der Waals surface area contributed by atoms with Crippen LogP contribution in [0.2, 0.25) is 0 Å². The summed E-state index contributed by atoms with van der Waals surface area (Å²) < 4.78 is 5.42. The lowest BCUT2D eigenvalue weighted by Gasteiger charge is -2.18. The summed E-state index contributed by atoms with van der Waals surface area (Å²) in [5.74, 6) is 0.00707. The Hall–Kier alpha value is -1.98. The number of carbonyl (C=O) groups is 1. The molecular weight excluding hydrogens is 356 g/mol. The number of nitrogens with one attached hydrogen (secondary N) is 1. The lowest BCUT2D eigenvalue weighted by Crippen LogP contribution is -2.22. The molecule has 0 spiro atoms. The monoisotopic (exact) mass is 384 g/mol. The molecule has 1 N–H and O–H groups in total. The zero-order chi connectivity index (χ0) is 19.2. The zero-order valence-corrected chi connectivity index (χ0v) is 17.1. The first-order valence-electron chi connectivity index (χ1n) is 9.47. The van der Waals surface area contributed by atoms with E-state index in [1.807, 2.05) is 36.0 Å². The third-order valence-electron chi connectivity index (χ3n) is 4.65. The van der Waals surface area contributed by atoms with Crippen molar-refractivity contribution in [1.29, 1.82) is 0 Å². The van der Waals surface area contributed by atoms with Gasteiger partial charge in [0.2, 0.25) is 5.91 Å². The Labute approximate surface area is 166 Å². The number of nitrogens with zero attached hydrogens (tertiary/aromatic N) is 1. The molecule has 0 aromatic heterocycles. The van der Waals surface area contributed by atoms with Gasteiger partial charge in [-0.1, -0.05) is 26.0 Å². The average molecular weight is 385 g/mol. The number of thioether (sulfide) groups is 1. The molecule has 4 nitrogen and oxygen atoms in total. The van der Waals surface area contributed by atoms with E-state index in [4.69, 9.17) is 4.74 Å². The highest BCUT2D eigenvalue weighted by molar-refractivity contribution is 7.99. The average Bonchev–Trinajstić information content (AvgIpc) is 3.13. The van der Waals surface area contributed by atoms with Crippen molar-refractivity contribution in [2.24, 2.45) is 0 Å². The van der Waals surface area contributed by atoms with Gasteiger partial charge in [0, 0.05) is 41.7 Å². The van der Waals surface area contributed by atoms with Crippen LogP contribution in [0.25, 0.3) is 0 Å². The lowest BCUT2D eigenvalue weighted by molar-refractivity contribution is -0.115. The number of amides is 1. The smallest absolute Gasteiger partial charge is 0.228 e. The summed E-state index contributed by atoms with van der Waals surface area (Å²) in [7, 11) is 1.77.